The molecule has 0 amide bonds. The molecule has 0 saturated heterocycles. The van der Waals surface area contributed by atoms with Crippen LogP contribution in [0.25, 0.3) is 0 Å². The molecule has 0 fully saturated rings. The Morgan fingerprint density at radius 3 is 2.64 bits per heavy atom. The molecule has 1 unspecified atom stereocenters. The molecule has 4 heteroatoms. The van der Waals surface area contributed by atoms with Crippen LogP contribution in [0.4, 0.5) is 0 Å². The minimum Gasteiger partial charge on any atom is -0.490 e. The summed E-state index contributed by atoms with van der Waals surface area (Å²) in [5.74, 6) is 1.56. The van der Waals surface area contributed by atoms with Crippen LogP contribution in [0.5, 0.6) is 11.5 Å². The molecular formula is C10H13NO2S. The van der Waals surface area contributed by atoms with Crippen molar-refractivity contribution in [2.24, 2.45) is 5.73 Å². The maximum atomic E-state index is 5.65. The number of rotatable bonds is 1. The summed E-state index contributed by atoms with van der Waals surface area (Å²) in [4.78, 5) is 0. The van der Waals surface area contributed by atoms with E-state index >= 15 is 0 Å². The first-order valence-electron chi connectivity index (χ1n) is 4.60. The molecule has 1 aromatic carbocycles. The molecule has 0 bridgehead atoms. The molecule has 2 N–H and O–H groups in total. The second kappa shape index (κ2) is 4.11. The third-order valence-electron chi connectivity index (χ3n) is 2.11. The number of fused-ring (bicyclic) bond motifs is 1. The molecule has 0 aromatic heterocycles. The number of benzene rings is 1. The van der Waals surface area contributed by atoms with E-state index in [2.05, 4.69) is 12.6 Å². The van der Waals surface area contributed by atoms with E-state index in [4.69, 9.17) is 15.2 Å². The van der Waals surface area contributed by atoms with Crippen LogP contribution in [0.2, 0.25) is 0 Å². The smallest absolute Gasteiger partial charge is 0.161 e. The predicted octanol–water partition coefficient (Wildman–Crippen LogP) is 1.73. The fraction of sp³-hybridized carbons (Fsp3) is 0.400. The summed E-state index contributed by atoms with van der Waals surface area (Å²) in [6, 6.07) is 5.68. The molecule has 0 spiro atoms. The number of hydrogen-bond donors (Lipinski definition) is 2. The lowest BCUT2D eigenvalue weighted by Crippen LogP contribution is -2.02. The topological polar surface area (TPSA) is 44.5 Å². The molecule has 0 radical (unpaired) electrons. The average molecular weight is 211 g/mol. The minimum absolute atomic E-state index is 0.271. The van der Waals surface area contributed by atoms with Crippen molar-refractivity contribution in [3.8, 4) is 11.5 Å². The minimum atomic E-state index is -0.271. The van der Waals surface area contributed by atoms with Gasteiger partial charge < -0.3 is 15.2 Å². The monoisotopic (exact) mass is 211 g/mol. The Balaban J connectivity index is 2.32. The van der Waals surface area contributed by atoms with Crippen LogP contribution in [-0.4, -0.2) is 13.2 Å². The molecule has 1 aliphatic rings. The molecule has 76 valence electrons. The Labute approximate surface area is 88.6 Å². The zero-order valence-electron chi connectivity index (χ0n) is 7.77. The predicted molar refractivity (Wildman–Crippen MR) is 58.0 cm³/mol. The van der Waals surface area contributed by atoms with Crippen LogP contribution in [0, 0.1) is 0 Å². The Hall–Kier alpha value is -0.870. The molecule has 1 aromatic rings. The van der Waals surface area contributed by atoms with E-state index in [0.29, 0.717) is 13.2 Å². The second-order valence-electron chi connectivity index (χ2n) is 3.20. The molecule has 1 heterocycles. The highest BCUT2D eigenvalue weighted by Gasteiger charge is 2.11. The molecule has 2 rings (SSSR count). The fourth-order valence-electron chi connectivity index (χ4n) is 1.36. The van der Waals surface area contributed by atoms with Gasteiger partial charge in [-0.25, -0.2) is 0 Å². The maximum absolute atomic E-state index is 5.65. The van der Waals surface area contributed by atoms with Gasteiger partial charge in [0.25, 0.3) is 0 Å². The summed E-state index contributed by atoms with van der Waals surface area (Å²) >= 11 is 4.16. The number of thiol groups is 1. The highest BCUT2D eigenvalue weighted by atomic mass is 32.1. The molecule has 0 saturated carbocycles. The molecular weight excluding hydrogens is 198 g/mol. The first-order valence-corrected chi connectivity index (χ1v) is 5.12. The summed E-state index contributed by atoms with van der Waals surface area (Å²) < 4.78 is 11.0. The van der Waals surface area contributed by atoms with Crippen molar-refractivity contribution in [1.82, 2.24) is 0 Å². The van der Waals surface area contributed by atoms with Crippen molar-refractivity contribution in [3.05, 3.63) is 23.8 Å². The summed E-state index contributed by atoms with van der Waals surface area (Å²) in [6.07, 6.45) is 0.914. The van der Waals surface area contributed by atoms with Crippen molar-refractivity contribution in [1.29, 1.82) is 0 Å². The number of ether oxygens (including phenoxy) is 2. The zero-order chi connectivity index (χ0) is 9.97. The zero-order valence-corrected chi connectivity index (χ0v) is 8.67. The molecule has 0 aliphatic carbocycles. The Kier molecular flexibility index (Phi) is 2.84. The van der Waals surface area contributed by atoms with Gasteiger partial charge in [0.05, 0.1) is 18.6 Å². The van der Waals surface area contributed by atoms with Crippen LogP contribution in [-0.2, 0) is 0 Å². The van der Waals surface area contributed by atoms with Gasteiger partial charge >= 0.3 is 0 Å². The Morgan fingerprint density at radius 2 is 1.93 bits per heavy atom. The van der Waals surface area contributed by atoms with Crippen molar-refractivity contribution < 1.29 is 9.47 Å². The van der Waals surface area contributed by atoms with E-state index in [1.54, 1.807) is 0 Å². The third-order valence-corrected chi connectivity index (χ3v) is 2.41. The SMILES string of the molecule is NC(S)c1ccc2c(c1)OCCCO2. The van der Waals surface area contributed by atoms with Gasteiger partial charge in [-0.1, -0.05) is 6.07 Å². The van der Waals surface area contributed by atoms with Gasteiger partial charge in [0, 0.05) is 6.42 Å². The van der Waals surface area contributed by atoms with Gasteiger partial charge in [-0.05, 0) is 17.7 Å². The number of nitrogens with two attached hydrogens (primary N) is 1. The van der Waals surface area contributed by atoms with Crippen LogP contribution in [0.1, 0.15) is 17.4 Å². The maximum Gasteiger partial charge on any atom is 0.161 e. The van der Waals surface area contributed by atoms with E-state index in [0.717, 1.165) is 23.5 Å². The average Bonchev–Trinajstić information content (AvgIpc) is 2.41. The normalized spacial score (nSPS) is 17.3. The molecule has 14 heavy (non-hydrogen) atoms. The molecule has 3 nitrogen and oxygen atoms in total. The number of hydrogen-bond acceptors (Lipinski definition) is 4. The van der Waals surface area contributed by atoms with Crippen molar-refractivity contribution in [2.45, 2.75) is 11.8 Å². The summed E-state index contributed by atoms with van der Waals surface area (Å²) in [5.41, 5.74) is 6.60. The van der Waals surface area contributed by atoms with E-state index in [-0.39, 0.29) is 5.37 Å². The van der Waals surface area contributed by atoms with Crippen molar-refractivity contribution >= 4 is 12.6 Å². The lowest BCUT2D eigenvalue weighted by atomic mass is 10.2. The molecule has 1 aliphatic heterocycles. The lowest BCUT2D eigenvalue weighted by Gasteiger charge is -2.10. The van der Waals surface area contributed by atoms with Gasteiger partial charge in [-0.2, -0.15) is 12.6 Å². The molecule has 1 atom stereocenters. The van der Waals surface area contributed by atoms with Crippen molar-refractivity contribution in [2.75, 3.05) is 13.2 Å². The quantitative estimate of drug-likeness (QED) is 0.549. The van der Waals surface area contributed by atoms with Crippen LogP contribution in [0.3, 0.4) is 0 Å². The van der Waals surface area contributed by atoms with Crippen LogP contribution in [0.15, 0.2) is 18.2 Å². The Morgan fingerprint density at radius 1 is 1.21 bits per heavy atom. The van der Waals surface area contributed by atoms with Crippen LogP contribution >= 0.6 is 12.6 Å². The standard InChI is InChI=1S/C10H13NO2S/c11-10(14)7-2-3-8-9(6-7)13-5-1-4-12-8/h2-3,6,10,14H,1,4-5,11H2. The van der Waals surface area contributed by atoms with Crippen molar-refractivity contribution in [3.63, 3.8) is 0 Å². The van der Waals surface area contributed by atoms with Gasteiger partial charge in [0.2, 0.25) is 0 Å². The first-order chi connectivity index (χ1) is 6.77. The lowest BCUT2D eigenvalue weighted by molar-refractivity contribution is 0.297. The van der Waals surface area contributed by atoms with Gasteiger partial charge in [0.1, 0.15) is 0 Å². The fourth-order valence-corrected chi connectivity index (χ4v) is 1.52. The third kappa shape index (κ3) is 1.96. The largest absolute Gasteiger partial charge is 0.490 e. The summed E-state index contributed by atoms with van der Waals surface area (Å²) in [7, 11) is 0. The highest BCUT2D eigenvalue weighted by Crippen LogP contribution is 2.32. The second-order valence-corrected chi connectivity index (χ2v) is 3.76. The van der Waals surface area contributed by atoms with Gasteiger partial charge in [-0.3, -0.25) is 0 Å². The summed E-state index contributed by atoms with van der Waals surface area (Å²) in [6.45, 7) is 1.40. The van der Waals surface area contributed by atoms with E-state index in [9.17, 15) is 0 Å². The summed E-state index contributed by atoms with van der Waals surface area (Å²) in [5, 5.41) is -0.271. The van der Waals surface area contributed by atoms with Gasteiger partial charge in [0.15, 0.2) is 11.5 Å². The first kappa shape index (κ1) is 9.68. The van der Waals surface area contributed by atoms with E-state index < -0.39 is 0 Å². The van der Waals surface area contributed by atoms with E-state index in [1.807, 2.05) is 18.2 Å². The van der Waals surface area contributed by atoms with Gasteiger partial charge in [-0.15, -0.1) is 0 Å². The highest BCUT2D eigenvalue weighted by molar-refractivity contribution is 7.80. The Bertz CT molecular complexity index is 328. The van der Waals surface area contributed by atoms with Crippen LogP contribution < -0.4 is 15.2 Å². The van der Waals surface area contributed by atoms with E-state index in [1.165, 1.54) is 0 Å².